The number of halogens is 2. The smallest absolute Gasteiger partial charge is 0.123 e. The Bertz CT molecular complexity index is 514. The largest absolute Gasteiger partial charge is 0.389 e. The molecule has 1 N–H and O–H groups in total. The van der Waals surface area contributed by atoms with Gasteiger partial charge in [0.25, 0.3) is 0 Å². The monoisotopic (exact) mass is 313 g/mol. The summed E-state index contributed by atoms with van der Waals surface area (Å²) in [5, 5.41) is 11.3. The zero-order chi connectivity index (χ0) is 14.4. The Morgan fingerprint density at radius 3 is 2.48 bits per heavy atom. The molecule has 0 bridgehead atoms. The first-order valence-corrected chi connectivity index (χ1v) is 7.63. The lowest BCUT2D eigenvalue weighted by Crippen LogP contribution is -2.63. The van der Waals surface area contributed by atoms with Gasteiger partial charge < -0.3 is 10.0 Å². The Morgan fingerprint density at radius 2 is 1.86 bits per heavy atom. The second-order valence-electron chi connectivity index (χ2n) is 6.89. The molecule has 4 heteroatoms. The maximum absolute atomic E-state index is 13.7. The van der Waals surface area contributed by atoms with Gasteiger partial charge in [0.2, 0.25) is 0 Å². The third kappa shape index (κ3) is 2.60. The maximum atomic E-state index is 13.7. The Hall–Kier alpha value is -0.640. The summed E-state index contributed by atoms with van der Waals surface area (Å²) >= 11 is 0. The van der Waals surface area contributed by atoms with Gasteiger partial charge in [-0.15, -0.1) is 12.4 Å². The van der Waals surface area contributed by atoms with Crippen LogP contribution < -0.4 is 0 Å². The summed E-state index contributed by atoms with van der Waals surface area (Å²) in [5.41, 5.74) is 1.29. The van der Waals surface area contributed by atoms with Crippen LogP contribution in [-0.4, -0.2) is 36.2 Å². The fourth-order valence-electron chi connectivity index (χ4n) is 4.32. The van der Waals surface area contributed by atoms with Gasteiger partial charge in [0.15, 0.2) is 0 Å². The lowest BCUT2D eigenvalue weighted by molar-refractivity contribution is -0.0870. The highest BCUT2D eigenvalue weighted by Gasteiger charge is 2.57. The number of benzene rings is 1. The normalized spacial score (nSPS) is 26.7. The second-order valence-corrected chi connectivity index (χ2v) is 6.89. The fourth-order valence-corrected chi connectivity index (χ4v) is 4.32. The van der Waals surface area contributed by atoms with Crippen molar-refractivity contribution in [1.29, 1.82) is 0 Å². The van der Waals surface area contributed by atoms with E-state index in [0.717, 1.165) is 44.2 Å². The van der Waals surface area contributed by atoms with Crippen LogP contribution >= 0.6 is 12.4 Å². The first kappa shape index (κ1) is 16.7. The Balaban J connectivity index is 0.00000161. The van der Waals surface area contributed by atoms with E-state index < -0.39 is 5.60 Å². The molecule has 0 aromatic heterocycles. The molecule has 0 amide bonds. The minimum absolute atomic E-state index is 0. The van der Waals surface area contributed by atoms with E-state index >= 15 is 0 Å². The first-order valence-electron chi connectivity index (χ1n) is 7.63. The summed E-state index contributed by atoms with van der Waals surface area (Å²) in [6, 6.07) is 5.06. The van der Waals surface area contributed by atoms with Gasteiger partial charge in [-0.25, -0.2) is 4.39 Å². The Morgan fingerprint density at radius 1 is 1.19 bits per heavy atom. The number of nitrogens with zero attached hydrogens (tertiary/aromatic N) is 1. The van der Waals surface area contributed by atoms with Gasteiger partial charge in [-0.3, -0.25) is 0 Å². The van der Waals surface area contributed by atoms with Crippen molar-refractivity contribution in [1.82, 2.24) is 4.90 Å². The third-order valence-electron chi connectivity index (χ3n) is 5.24. The molecule has 1 saturated carbocycles. The predicted molar refractivity (Wildman–Crippen MR) is 85.6 cm³/mol. The van der Waals surface area contributed by atoms with Crippen LogP contribution in [0.15, 0.2) is 18.2 Å². The standard InChI is InChI=1S/C17H24FNO.ClH/c1-19(2)12-16(17(20)8-4-3-5-9-17)11-13-6-7-14(18)10-15(13)16;/h6-7,10,20H,3-5,8-9,11-12H2,1-2H3;1H. The average Bonchev–Trinajstić information content (AvgIpc) is 2.38. The van der Waals surface area contributed by atoms with Crippen LogP contribution in [0.5, 0.6) is 0 Å². The van der Waals surface area contributed by atoms with E-state index in [0.29, 0.717) is 0 Å². The van der Waals surface area contributed by atoms with Gasteiger partial charge in [0, 0.05) is 12.0 Å². The molecule has 118 valence electrons. The van der Waals surface area contributed by atoms with Crippen LogP contribution in [0.2, 0.25) is 0 Å². The molecule has 2 aliphatic rings. The zero-order valence-electron chi connectivity index (χ0n) is 12.9. The van der Waals surface area contributed by atoms with Crippen molar-refractivity contribution in [3.63, 3.8) is 0 Å². The van der Waals surface area contributed by atoms with Crippen molar-refractivity contribution in [2.45, 2.75) is 49.5 Å². The van der Waals surface area contributed by atoms with E-state index in [4.69, 9.17) is 0 Å². The molecule has 2 nitrogen and oxygen atoms in total. The predicted octanol–water partition coefficient (Wildman–Crippen LogP) is 3.30. The molecule has 21 heavy (non-hydrogen) atoms. The van der Waals surface area contributed by atoms with Crippen LogP contribution in [0, 0.1) is 5.82 Å². The summed E-state index contributed by atoms with van der Waals surface area (Å²) < 4.78 is 13.7. The molecule has 2 aliphatic carbocycles. The van der Waals surface area contributed by atoms with E-state index in [1.165, 1.54) is 18.1 Å². The minimum atomic E-state index is -0.670. The van der Waals surface area contributed by atoms with E-state index in [2.05, 4.69) is 4.90 Å². The topological polar surface area (TPSA) is 23.5 Å². The highest BCUT2D eigenvalue weighted by Crippen LogP contribution is 2.53. The molecule has 1 aromatic rings. The number of hydrogen-bond donors (Lipinski definition) is 1. The van der Waals surface area contributed by atoms with Gasteiger partial charge in [0.05, 0.1) is 5.60 Å². The molecule has 0 saturated heterocycles. The van der Waals surface area contributed by atoms with Crippen LogP contribution in [0.1, 0.15) is 43.2 Å². The number of rotatable bonds is 3. The molecule has 3 rings (SSSR count). The summed E-state index contributed by atoms with van der Waals surface area (Å²) in [4.78, 5) is 2.13. The summed E-state index contributed by atoms with van der Waals surface area (Å²) in [5.74, 6) is -0.189. The summed E-state index contributed by atoms with van der Waals surface area (Å²) in [6.45, 7) is 0.792. The van der Waals surface area contributed by atoms with Crippen molar-refractivity contribution in [2.75, 3.05) is 20.6 Å². The van der Waals surface area contributed by atoms with Gasteiger partial charge in [-0.05, 0) is 56.6 Å². The fraction of sp³-hybridized carbons (Fsp3) is 0.647. The first-order chi connectivity index (χ1) is 9.47. The molecule has 1 aromatic carbocycles. The van der Waals surface area contributed by atoms with Crippen molar-refractivity contribution >= 4 is 12.4 Å². The van der Waals surface area contributed by atoms with Crippen molar-refractivity contribution < 1.29 is 9.50 Å². The van der Waals surface area contributed by atoms with Gasteiger partial charge in [-0.2, -0.15) is 0 Å². The molecular weight excluding hydrogens is 289 g/mol. The maximum Gasteiger partial charge on any atom is 0.123 e. The van der Waals surface area contributed by atoms with E-state index in [-0.39, 0.29) is 23.6 Å². The molecule has 0 spiro atoms. The van der Waals surface area contributed by atoms with E-state index in [1.54, 1.807) is 6.07 Å². The van der Waals surface area contributed by atoms with Gasteiger partial charge >= 0.3 is 0 Å². The van der Waals surface area contributed by atoms with Crippen molar-refractivity contribution in [3.05, 3.63) is 35.1 Å². The lowest BCUT2D eigenvalue weighted by Gasteiger charge is -2.57. The van der Waals surface area contributed by atoms with Gasteiger partial charge in [-0.1, -0.05) is 25.3 Å². The van der Waals surface area contributed by atoms with Crippen LogP contribution in [0.3, 0.4) is 0 Å². The molecule has 1 unspecified atom stereocenters. The SMILES string of the molecule is CN(C)CC1(C2(O)CCCCC2)Cc2ccc(F)cc21.Cl. The number of hydrogen-bond acceptors (Lipinski definition) is 2. The lowest BCUT2D eigenvalue weighted by atomic mass is 9.52. The Labute approximate surface area is 132 Å². The minimum Gasteiger partial charge on any atom is -0.389 e. The Kier molecular flexibility index (Phi) is 4.67. The van der Waals surface area contributed by atoms with Crippen LogP contribution in [0.25, 0.3) is 0 Å². The highest BCUT2D eigenvalue weighted by atomic mass is 35.5. The number of fused-ring (bicyclic) bond motifs is 1. The van der Waals surface area contributed by atoms with Crippen LogP contribution in [-0.2, 0) is 11.8 Å². The molecule has 0 aliphatic heterocycles. The number of aliphatic hydroxyl groups is 1. The molecule has 1 atom stereocenters. The average molecular weight is 314 g/mol. The zero-order valence-corrected chi connectivity index (χ0v) is 13.7. The molecule has 1 fully saturated rings. The number of likely N-dealkylation sites (N-methyl/N-ethyl adjacent to an activating group) is 1. The van der Waals surface area contributed by atoms with Crippen molar-refractivity contribution in [3.8, 4) is 0 Å². The van der Waals surface area contributed by atoms with E-state index in [1.807, 2.05) is 20.2 Å². The third-order valence-corrected chi connectivity index (χ3v) is 5.24. The summed E-state index contributed by atoms with van der Waals surface area (Å²) in [7, 11) is 4.07. The van der Waals surface area contributed by atoms with Crippen molar-refractivity contribution in [2.24, 2.45) is 0 Å². The van der Waals surface area contributed by atoms with Crippen LogP contribution in [0.4, 0.5) is 4.39 Å². The highest BCUT2D eigenvalue weighted by molar-refractivity contribution is 5.85. The second kappa shape index (κ2) is 5.86. The molecule has 0 heterocycles. The van der Waals surface area contributed by atoms with Gasteiger partial charge in [0.1, 0.15) is 5.82 Å². The molecular formula is C17H25ClFNO. The van der Waals surface area contributed by atoms with E-state index in [9.17, 15) is 9.50 Å². The summed E-state index contributed by atoms with van der Waals surface area (Å²) in [6.07, 6.45) is 5.92. The molecule has 0 radical (unpaired) electrons. The quantitative estimate of drug-likeness (QED) is 0.925.